The molecule has 0 aromatic heterocycles. The standard InChI is InChI=1S/C12H8N2O/c13-7-2-1-4-9-5-3-6-10-11(9)8-14-12(10)15/h3,5-6H,2,8H2,(H,14,15). The van der Waals surface area contributed by atoms with E-state index in [9.17, 15) is 4.79 Å². The third kappa shape index (κ3) is 1.68. The summed E-state index contributed by atoms with van der Waals surface area (Å²) < 4.78 is 0. The Hall–Kier alpha value is -2.26. The maximum atomic E-state index is 11.3. The largest absolute Gasteiger partial charge is 0.348 e. The van der Waals surface area contributed by atoms with Crippen LogP contribution in [0.3, 0.4) is 0 Å². The molecule has 1 amide bonds. The number of hydrogen-bond acceptors (Lipinski definition) is 2. The minimum absolute atomic E-state index is 0.0473. The van der Waals surface area contributed by atoms with Gasteiger partial charge in [0, 0.05) is 17.7 Å². The van der Waals surface area contributed by atoms with Crippen LogP contribution < -0.4 is 5.32 Å². The Morgan fingerprint density at radius 3 is 3.13 bits per heavy atom. The number of nitrogens with one attached hydrogen (secondary N) is 1. The Kier molecular flexibility index (Phi) is 2.39. The van der Waals surface area contributed by atoms with E-state index < -0.39 is 0 Å². The summed E-state index contributed by atoms with van der Waals surface area (Å²) in [6.07, 6.45) is 0.213. The van der Waals surface area contributed by atoms with Crippen molar-refractivity contribution in [2.75, 3.05) is 0 Å². The third-order valence-corrected chi connectivity index (χ3v) is 2.24. The van der Waals surface area contributed by atoms with E-state index in [2.05, 4.69) is 17.2 Å². The molecule has 15 heavy (non-hydrogen) atoms. The fraction of sp³-hybridized carbons (Fsp3) is 0.167. The van der Waals surface area contributed by atoms with Crippen LogP contribution in [0.1, 0.15) is 27.9 Å². The van der Waals surface area contributed by atoms with Crippen molar-refractivity contribution in [3.8, 4) is 17.9 Å². The van der Waals surface area contributed by atoms with Crippen molar-refractivity contribution in [3.05, 3.63) is 34.9 Å². The van der Waals surface area contributed by atoms with E-state index >= 15 is 0 Å². The van der Waals surface area contributed by atoms with Gasteiger partial charge in [0.1, 0.15) is 0 Å². The van der Waals surface area contributed by atoms with Crippen LogP contribution in [0, 0.1) is 23.2 Å². The lowest BCUT2D eigenvalue weighted by Crippen LogP contribution is -2.12. The van der Waals surface area contributed by atoms with Gasteiger partial charge in [-0.1, -0.05) is 17.9 Å². The number of carbonyl (C=O) groups is 1. The van der Waals surface area contributed by atoms with Gasteiger partial charge in [-0.2, -0.15) is 5.26 Å². The molecule has 1 N–H and O–H groups in total. The van der Waals surface area contributed by atoms with Crippen LogP contribution in [-0.2, 0) is 6.54 Å². The molecular formula is C12H8N2O. The lowest BCUT2D eigenvalue weighted by molar-refractivity contribution is 0.0966. The van der Waals surface area contributed by atoms with Crippen LogP contribution in [0.25, 0.3) is 0 Å². The zero-order chi connectivity index (χ0) is 10.7. The SMILES string of the molecule is N#CCC#Cc1cccc2c1CNC2=O. The van der Waals surface area contributed by atoms with E-state index in [4.69, 9.17) is 5.26 Å². The van der Waals surface area contributed by atoms with E-state index in [0.29, 0.717) is 12.1 Å². The molecule has 0 bridgehead atoms. The molecule has 3 heteroatoms. The molecule has 0 radical (unpaired) electrons. The average molecular weight is 196 g/mol. The Morgan fingerprint density at radius 2 is 2.33 bits per heavy atom. The number of amides is 1. The first-order valence-corrected chi connectivity index (χ1v) is 4.59. The number of nitrogens with zero attached hydrogens (tertiary/aromatic N) is 1. The van der Waals surface area contributed by atoms with Gasteiger partial charge in [0.15, 0.2) is 0 Å². The van der Waals surface area contributed by atoms with Crippen LogP contribution in [-0.4, -0.2) is 5.91 Å². The summed E-state index contributed by atoms with van der Waals surface area (Å²) in [6.45, 7) is 0.533. The Bertz CT molecular complexity index is 515. The molecule has 0 spiro atoms. The Balaban J connectivity index is 2.40. The van der Waals surface area contributed by atoms with Crippen molar-refractivity contribution in [1.82, 2.24) is 5.32 Å². The van der Waals surface area contributed by atoms with Crippen molar-refractivity contribution in [2.24, 2.45) is 0 Å². The van der Waals surface area contributed by atoms with Gasteiger partial charge in [-0.3, -0.25) is 4.79 Å². The van der Waals surface area contributed by atoms with Crippen LogP contribution in [0.4, 0.5) is 0 Å². The lowest BCUT2D eigenvalue weighted by Gasteiger charge is -1.97. The predicted octanol–water partition coefficient (Wildman–Crippen LogP) is 1.20. The molecular weight excluding hydrogens is 188 g/mol. The van der Waals surface area contributed by atoms with Gasteiger partial charge in [-0.25, -0.2) is 0 Å². The van der Waals surface area contributed by atoms with Gasteiger partial charge in [0.05, 0.1) is 12.5 Å². The summed E-state index contributed by atoms with van der Waals surface area (Å²) in [6, 6.07) is 7.41. The third-order valence-electron chi connectivity index (χ3n) is 2.24. The van der Waals surface area contributed by atoms with E-state index in [1.165, 1.54) is 0 Å². The van der Waals surface area contributed by atoms with E-state index in [1.54, 1.807) is 12.1 Å². The van der Waals surface area contributed by atoms with Crippen molar-refractivity contribution < 1.29 is 4.79 Å². The molecule has 1 aromatic carbocycles. The molecule has 0 fully saturated rings. The first-order valence-electron chi connectivity index (χ1n) is 4.59. The lowest BCUT2D eigenvalue weighted by atomic mass is 10.0. The fourth-order valence-electron chi connectivity index (χ4n) is 1.55. The van der Waals surface area contributed by atoms with Crippen LogP contribution in [0.5, 0.6) is 0 Å². The summed E-state index contributed by atoms with van der Waals surface area (Å²) in [5.74, 6) is 5.60. The van der Waals surface area contributed by atoms with Gasteiger partial charge in [-0.15, -0.1) is 0 Å². The van der Waals surface area contributed by atoms with E-state index in [-0.39, 0.29) is 12.3 Å². The molecule has 0 aliphatic carbocycles. The highest BCUT2D eigenvalue weighted by Crippen LogP contribution is 2.18. The molecule has 0 saturated heterocycles. The molecule has 3 nitrogen and oxygen atoms in total. The zero-order valence-corrected chi connectivity index (χ0v) is 8.00. The Morgan fingerprint density at radius 1 is 1.47 bits per heavy atom. The van der Waals surface area contributed by atoms with Crippen molar-refractivity contribution in [2.45, 2.75) is 13.0 Å². The quantitative estimate of drug-likeness (QED) is 0.634. The second-order valence-corrected chi connectivity index (χ2v) is 3.15. The monoisotopic (exact) mass is 196 g/mol. The van der Waals surface area contributed by atoms with E-state index in [1.807, 2.05) is 12.1 Å². The summed E-state index contributed by atoms with van der Waals surface area (Å²) >= 11 is 0. The second kappa shape index (κ2) is 3.86. The van der Waals surface area contributed by atoms with Gasteiger partial charge in [-0.05, 0) is 17.7 Å². The average Bonchev–Trinajstić information content (AvgIpc) is 2.62. The topological polar surface area (TPSA) is 52.9 Å². The van der Waals surface area contributed by atoms with Gasteiger partial charge < -0.3 is 5.32 Å². The first-order chi connectivity index (χ1) is 7.33. The number of nitriles is 1. The minimum Gasteiger partial charge on any atom is -0.348 e. The maximum absolute atomic E-state index is 11.3. The number of benzene rings is 1. The first kappa shape index (κ1) is 9.30. The summed E-state index contributed by atoms with van der Waals surface area (Å²) in [5, 5.41) is 11.1. The number of carbonyl (C=O) groups excluding carboxylic acids is 1. The Labute approximate surface area is 87.7 Å². The number of fused-ring (bicyclic) bond motifs is 1. The minimum atomic E-state index is -0.0473. The molecule has 72 valence electrons. The molecule has 1 aliphatic rings. The number of hydrogen-bond donors (Lipinski definition) is 1. The maximum Gasteiger partial charge on any atom is 0.251 e. The van der Waals surface area contributed by atoms with Gasteiger partial charge in [0.25, 0.3) is 5.91 Å². The van der Waals surface area contributed by atoms with Gasteiger partial charge >= 0.3 is 0 Å². The molecule has 0 saturated carbocycles. The summed E-state index contributed by atoms with van der Waals surface area (Å²) in [5.41, 5.74) is 2.47. The fourth-order valence-corrected chi connectivity index (χ4v) is 1.55. The van der Waals surface area contributed by atoms with Crippen LogP contribution in [0.2, 0.25) is 0 Å². The second-order valence-electron chi connectivity index (χ2n) is 3.15. The van der Waals surface area contributed by atoms with Crippen molar-refractivity contribution in [3.63, 3.8) is 0 Å². The van der Waals surface area contributed by atoms with Crippen molar-refractivity contribution >= 4 is 5.91 Å². The smallest absolute Gasteiger partial charge is 0.251 e. The highest BCUT2D eigenvalue weighted by molar-refractivity contribution is 5.98. The highest BCUT2D eigenvalue weighted by Gasteiger charge is 2.20. The molecule has 0 unspecified atom stereocenters. The van der Waals surface area contributed by atoms with E-state index in [0.717, 1.165) is 11.1 Å². The predicted molar refractivity (Wildman–Crippen MR) is 54.7 cm³/mol. The molecule has 1 aromatic rings. The molecule has 1 heterocycles. The normalized spacial score (nSPS) is 12.1. The summed E-state index contributed by atoms with van der Waals surface area (Å²) in [7, 11) is 0. The number of rotatable bonds is 0. The molecule has 2 rings (SSSR count). The summed E-state index contributed by atoms with van der Waals surface area (Å²) in [4.78, 5) is 11.3. The highest BCUT2D eigenvalue weighted by atomic mass is 16.1. The molecule has 1 aliphatic heterocycles. The van der Waals surface area contributed by atoms with Crippen LogP contribution >= 0.6 is 0 Å². The molecule has 0 atom stereocenters. The van der Waals surface area contributed by atoms with Gasteiger partial charge in [0.2, 0.25) is 0 Å². The van der Waals surface area contributed by atoms with Crippen LogP contribution in [0.15, 0.2) is 18.2 Å². The zero-order valence-electron chi connectivity index (χ0n) is 8.00. The van der Waals surface area contributed by atoms with Crippen molar-refractivity contribution in [1.29, 1.82) is 5.26 Å².